The first-order chi connectivity index (χ1) is 12.9. The van der Waals surface area contributed by atoms with Crippen LogP contribution in [0.5, 0.6) is 0 Å². The highest BCUT2D eigenvalue weighted by Gasteiger charge is 2.33. The van der Waals surface area contributed by atoms with Crippen molar-refractivity contribution in [2.75, 3.05) is 4.90 Å². The van der Waals surface area contributed by atoms with Crippen molar-refractivity contribution < 1.29 is 9.53 Å². The monoisotopic (exact) mass is 365 g/mol. The maximum atomic E-state index is 13.1. The summed E-state index contributed by atoms with van der Waals surface area (Å²) < 4.78 is 5.73. The van der Waals surface area contributed by atoms with E-state index >= 15 is 0 Å². The summed E-state index contributed by atoms with van der Waals surface area (Å²) in [7, 11) is 0. The fourth-order valence-electron chi connectivity index (χ4n) is 3.59. The lowest BCUT2D eigenvalue weighted by molar-refractivity contribution is 0.0557. The number of nitrogens with one attached hydrogen (secondary N) is 1. The molecule has 1 fully saturated rings. The van der Waals surface area contributed by atoms with Crippen LogP contribution in [0.4, 0.5) is 10.6 Å². The molecule has 0 aliphatic heterocycles. The first-order valence-electron chi connectivity index (χ1n) is 9.59. The van der Waals surface area contributed by atoms with E-state index in [4.69, 9.17) is 10.00 Å². The van der Waals surface area contributed by atoms with E-state index in [9.17, 15) is 4.79 Å². The number of aromatic nitrogens is 1. The molecule has 0 spiro atoms. The van der Waals surface area contributed by atoms with Crippen molar-refractivity contribution in [2.45, 2.75) is 64.5 Å². The zero-order chi connectivity index (χ0) is 19.4. The molecule has 0 saturated heterocycles. The molecular formula is C22H27N3O2. The predicted octanol–water partition coefficient (Wildman–Crippen LogP) is 5.63. The molecule has 0 atom stereocenters. The number of benzene rings is 1. The average molecular weight is 365 g/mol. The van der Waals surface area contributed by atoms with Crippen molar-refractivity contribution in [1.82, 2.24) is 4.98 Å². The van der Waals surface area contributed by atoms with E-state index in [2.05, 4.69) is 11.1 Å². The second kappa shape index (κ2) is 7.87. The molecule has 3 rings (SSSR count). The van der Waals surface area contributed by atoms with E-state index in [-0.39, 0.29) is 12.1 Å². The molecule has 1 aliphatic carbocycles. The van der Waals surface area contributed by atoms with E-state index in [1.807, 2.05) is 45.2 Å². The average Bonchev–Trinajstić information content (AvgIpc) is 3.10. The Morgan fingerprint density at radius 3 is 2.41 bits per heavy atom. The number of hydrogen-bond donors (Lipinski definition) is 1. The Hall–Kier alpha value is -2.74. The zero-order valence-corrected chi connectivity index (χ0v) is 16.3. The van der Waals surface area contributed by atoms with Gasteiger partial charge in [0.2, 0.25) is 0 Å². The van der Waals surface area contributed by atoms with Gasteiger partial charge in [0.05, 0.1) is 11.6 Å². The fourth-order valence-corrected chi connectivity index (χ4v) is 3.59. The van der Waals surface area contributed by atoms with Crippen LogP contribution >= 0.6 is 0 Å². The van der Waals surface area contributed by atoms with Gasteiger partial charge in [-0.2, -0.15) is 5.26 Å². The van der Waals surface area contributed by atoms with E-state index < -0.39 is 5.60 Å². The predicted molar refractivity (Wildman–Crippen MR) is 107 cm³/mol. The topological polar surface area (TPSA) is 69.1 Å². The van der Waals surface area contributed by atoms with Gasteiger partial charge in [-0.15, -0.1) is 0 Å². The quantitative estimate of drug-likeness (QED) is 0.766. The van der Waals surface area contributed by atoms with Gasteiger partial charge in [0, 0.05) is 17.8 Å². The standard InChI is InChI=1S/C22H27N3O2/c1-22(2,3)27-21(26)25(18-7-5-4-6-8-18)20-19(13-14-24-20)17-11-9-16(15-23)10-12-17/h9-14,18,24H,4-8H2,1-3H3. The van der Waals surface area contributed by atoms with Crippen LogP contribution in [0.1, 0.15) is 58.4 Å². The van der Waals surface area contributed by atoms with Crippen molar-refractivity contribution in [3.63, 3.8) is 0 Å². The summed E-state index contributed by atoms with van der Waals surface area (Å²) in [4.78, 5) is 18.1. The molecule has 2 aromatic rings. The van der Waals surface area contributed by atoms with Gasteiger partial charge < -0.3 is 9.72 Å². The third-order valence-electron chi connectivity index (χ3n) is 4.82. The molecule has 1 aliphatic rings. The highest BCUT2D eigenvalue weighted by Crippen LogP contribution is 2.35. The maximum Gasteiger partial charge on any atom is 0.416 e. The number of hydrogen-bond acceptors (Lipinski definition) is 3. The largest absolute Gasteiger partial charge is 0.443 e. The minimum absolute atomic E-state index is 0.129. The van der Waals surface area contributed by atoms with Gasteiger partial charge in [0.15, 0.2) is 0 Å². The molecule has 1 aromatic carbocycles. The van der Waals surface area contributed by atoms with E-state index in [0.29, 0.717) is 5.56 Å². The molecule has 5 nitrogen and oxygen atoms in total. The molecule has 1 amide bonds. The normalized spacial score (nSPS) is 15.2. The molecule has 1 aromatic heterocycles. The number of nitriles is 1. The summed E-state index contributed by atoms with van der Waals surface area (Å²) in [6.07, 6.45) is 6.95. The van der Waals surface area contributed by atoms with Gasteiger partial charge in [-0.3, -0.25) is 4.90 Å². The van der Waals surface area contributed by atoms with E-state index in [1.54, 1.807) is 17.0 Å². The number of carbonyl (C=O) groups is 1. The van der Waals surface area contributed by atoms with Gasteiger partial charge in [-0.25, -0.2) is 4.79 Å². The molecule has 5 heteroatoms. The third-order valence-corrected chi connectivity index (χ3v) is 4.82. The summed E-state index contributed by atoms with van der Waals surface area (Å²) >= 11 is 0. The summed E-state index contributed by atoms with van der Waals surface area (Å²) in [5.74, 6) is 0.765. The number of carbonyl (C=O) groups excluding carboxylic acids is 1. The Bertz CT molecular complexity index is 818. The Kier molecular flexibility index (Phi) is 5.55. The molecule has 1 saturated carbocycles. The molecule has 1 heterocycles. The minimum Gasteiger partial charge on any atom is -0.443 e. The van der Waals surface area contributed by atoms with Crippen LogP contribution in [-0.4, -0.2) is 22.7 Å². The lowest BCUT2D eigenvalue weighted by Gasteiger charge is -2.35. The Morgan fingerprint density at radius 1 is 1.15 bits per heavy atom. The highest BCUT2D eigenvalue weighted by atomic mass is 16.6. The summed E-state index contributed by atoms with van der Waals surface area (Å²) in [6.45, 7) is 5.67. The summed E-state index contributed by atoms with van der Waals surface area (Å²) in [6, 6.07) is 11.7. The van der Waals surface area contributed by atoms with Crippen molar-refractivity contribution in [3.05, 3.63) is 42.1 Å². The lowest BCUT2D eigenvalue weighted by Crippen LogP contribution is -2.45. The van der Waals surface area contributed by atoms with Crippen molar-refractivity contribution in [1.29, 1.82) is 5.26 Å². The van der Waals surface area contributed by atoms with Crippen molar-refractivity contribution in [3.8, 4) is 17.2 Å². The first-order valence-corrected chi connectivity index (χ1v) is 9.59. The molecule has 1 N–H and O–H groups in total. The van der Waals surface area contributed by atoms with Crippen LogP contribution in [0.25, 0.3) is 11.1 Å². The van der Waals surface area contributed by atoms with Gasteiger partial charge >= 0.3 is 6.09 Å². The zero-order valence-electron chi connectivity index (χ0n) is 16.3. The third kappa shape index (κ3) is 4.51. The maximum absolute atomic E-state index is 13.1. The lowest BCUT2D eigenvalue weighted by atomic mass is 9.94. The second-order valence-corrected chi connectivity index (χ2v) is 8.07. The van der Waals surface area contributed by atoms with Crippen LogP contribution in [0.3, 0.4) is 0 Å². The van der Waals surface area contributed by atoms with Crippen molar-refractivity contribution >= 4 is 11.9 Å². The van der Waals surface area contributed by atoms with Gasteiger partial charge in [0.25, 0.3) is 0 Å². The molecule has 0 bridgehead atoms. The molecule has 142 valence electrons. The van der Waals surface area contributed by atoms with Crippen LogP contribution in [-0.2, 0) is 4.74 Å². The number of nitrogens with zero attached hydrogens (tertiary/aromatic N) is 2. The Morgan fingerprint density at radius 2 is 1.81 bits per heavy atom. The number of amides is 1. The number of rotatable bonds is 3. The Labute approximate surface area is 160 Å². The van der Waals surface area contributed by atoms with Gasteiger partial charge in [0.1, 0.15) is 11.4 Å². The minimum atomic E-state index is -0.550. The number of ether oxygens (including phenoxy) is 1. The first kappa shape index (κ1) is 19.0. The number of anilines is 1. The second-order valence-electron chi connectivity index (χ2n) is 8.07. The van der Waals surface area contributed by atoms with Crippen LogP contribution in [0, 0.1) is 11.3 Å². The molecule has 0 radical (unpaired) electrons. The smallest absolute Gasteiger partial charge is 0.416 e. The molecule has 0 unspecified atom stereocenters. The summed E-state index contributed by atoms with van der Waals surface area (Å²) in [5, 5.41) is 9.03. The summed E-state index contributed by atoms with van der Waals surface area (Å²) in [5.41, 5.74) is 1.98. The fraction of sp³-hybridized carbons (Fsp3) is 0.455. The Balaban J connectivity index is 1.98. The molecular weight excluding hydrogens is 338 g/mol. The van der Waals surface area contributed by atoms with E-state index in [0.717, 1.165) is 42.6 Å². The van der Waals surface area contributed by atoms with Crippen LogP contribution in [0.15, 0.2) is 36.5 Å². The molecule has 27 heavy (non-hydrogen) atoms. The van der Waals surface area contributed by atoms with Crippen LogP contribution in [0.2, 0.25) is 0 Å². The SMILES string of the molecule is CC(C)(C)OC(=O)N(c1[nH]ccc1-c1ccc(C#N)cc1)C1CCCCC1. The van der Waals surface area contributed by atoms with Crippen molar-refractivity contribution in [2.24, 2.45) is 0 Å². The van der Waals surface area contributed by atoms with Gasteiger partial charge in [-0.1, -0.05) is 31.4 Å². The number of aromatic amines is 1. The number of H-pyrrole nitrogens is 1. The van der Waals surface area contributed by atoms with Gasteiger partial charge in [-0.05, 0) is 57.4 Å². The van der Waals surface area contributed by atoms with E-state index in [1.165, 1.54) is 6.42 Å². The van der Waals surface area contributed by atoms with Crippen LogP contribution < -0.4 is 4.90 Å². The highest BCUT2D eigenvalue weighted by molar-refractivity contribution is 5.93.